The third-order valence-electron chi connectivity index (χ3n) is 10.5. The van der Waals surface area contributed by atoms with E-state index >= 15 is 0 Å². The number of ether oxygens (including phenoxy) is 1. The maximum absolute atomic E-state index is 6.52. The van der Waals surface area contributed by atoms with E-state index in [0.717, 1.165) is 22.7 Å². The molecule has 11 rings (SSSR count). The molecule has 3 nitrogen and oxygen atoms in total. The van der Waals surface area contributed by atoms with Crippen molar-refractivity contribution < 1.29 is 4.74 Å². The number of anilines is 1. The van der Waals surface area contributed by atoms with Gasteiger partial charge in [-0.25, -0.2) is 0 Å². The van der Waals surface area contributed by atoms with Crippen LogP contribution in [0.1, 0.15) is 11.8 Å². The Morgan fingerprint density at radius 1 is 0.490 bits per heavy atom. The zero-order valence-electron chi connectivity index (χ0n) is 27.5. The second kappa shape index (κ2) is 11.1. The van der Waals surface area contributed by atoms with Crippen molar-refractivity contribution in [3.8, 4) is 33.7 Å². The van der Waals surface area contributed by atoms with Gasteiger partial charge in [-0.1, -0.05) is 127 Å². The first kappa shape index (κ1) is 28.5. The van der Waals surface area contributed by atoms with Crippen LogP contribution in [-0.2, 0) is 0 Å². The Morgan fingerprint density at radius 3 is 1.98 bits per heavy atom. The first-order valence-corrected chi connectivity index (χ1v) is 18.2. The highest BCUT2D eigenvalue weighted by Crippen LogP contribution is 2.48. The molecular formula is C47H30N2OS. The Hall–Kier alpha value is -6.36. The average molecular weight is 671 g/mol. The minimum absolute atomic E-state index is 0.251. The van der Waals surface area contributed by atoms with E-state index in [4.69, 9.17) is 4.74 Å². The van der Waals surface area contributed by atoms with E-state index < -0.39 is 0 Å². The predicted molar refractivity (Wildman–Crippen MR) is 215 cm³/mol. The van der Waals surface area contributed by atoms with E-state index in [0.29, 0.717) is 0 Å². The average Bonchev–Trinajstić information content (AvgIpc) is 3.90. The van der Waals surface area contributed by atoms with E-state index in [1.54, 1.807) is 0 Å². The Kier molecular flexibility index (Phi) is 6.18. The van der Waals surface area contributed by atoms with Gasteiger partial charge in [-0.2, -0.15) is 0 Å². The third-order valence-corrected chi connectivity index (χ3v) is 11.6. The Bertz CT molecular complexity index is 2960. The van der Waals surface area contributed by atoms with Crippen molar-refractivity contribution in [2.24, 2.45) is 0 Å². The van der Waals surface area contributed by atoms with Crippen molar-refractivity contribution >= 4 is 69.8 Å². The highest BCUT2D eigenvalue weighted by Gasteiger charge is 2.27. The molecule has 1 atom stereocenters. The monoisotopic (exact) mass is 670 g/mol. The SMILES string of the molecule is c1ccc(-c2ccc(-n3c4ccccc4c4c5ccccc5c(-c5ccc(C6Nc7c(ccc8sc9ccccc9c78)O6)cc5)cc43)cc2)cc1. The van der Waals surface area contributed by atoms with Gasteiger partial charge in [0.15, 0.2) is 6.23 Å². The van der Waals surface area contributed by atoms with Crippen LogP contribution in [-0.4, -0.2) is 4.57 Å². The largest absolute Gasteiger partial charge is 0.464 e. The van der Waals surface area contributed by atoms with Crippen LogP contribution in [0.2, 0.25) is 0 Å². The Morgan fingerprint density at radius 2 is 1.16 bits per heavy atom. The minimum Gasteiger partial charge on any atom is -0.464 e. The molecule has 0 saturated carbocycles. The molecule has 1 aliphatic rings. The predicted octanol–water partition coefficient (Wildman–Crippen LogP) is 13.1. The van der Waals surface area contributed by atoms with Crippen molar-refractivity contribution in [1.29, 1.82) is 0 Å². The molecule has 0 radical (unpaired) electrons. The summed E-state index contributed by atoms with van der Waals surface area (Å²) < 4.78 is 11.5. The number of nitrogens with one attached hydrogen (secondary N) is 1. The molecule has 51 heavy (non-hydrogen) atoms. The molecule has 8 aromatic carbocycles. The molecule has 2 aromatic heterocycles. The van der Waals surface area contributed by atoms with Gasteiger partial charge in [0.1, 0.15) is 5.75 Å². The summed E-state index contributed by atoms with van der Waals surface area (Å²) in [6.45, 7) is 0. The second-order valence-electron chi connectivity index (χ2n) is 13.3. The van der Waals surface area contributed by atoms with E-state index in [1.165, 1.54) is 75.0 Å². The Balaban J connectivity index is 1.02. The molecule has 0 saturated heterocycles. The molecule has 1 aliphatic heterocycles. The molecule has 0 amide bonds. The fourth-order valence-corrected chi connectivity index (χ4v) is 9.21. The first-order valence-electron chi connectivity index (χ1n) is 17.4. The molecule has 3 heterocycles. The second-order valence-corrected chi connectivity index (χ2v) is 14.4. The molecule has 10 aromatic rings. The molecule has 4 heteroatoms. The van der Waals surface area contributed by atoms with Crippen LogP contribution in [0.4, 0.5) is 5.69 Å². The molecule has 240 valence electrons. The van der Waals surface area contributed by atoms with Crippen LogP contribution in [0.3, 0.4) is 0 Å². The summed E-state index contributed by atoms with van der Waals surface area (Å²) in [4.78, 5) is 0. The quantitative estimate of drug-likeness (QED) is 0.202. The van der Waals surface area contributed by atoms with Crippen LogP contribution in [0, 0.1) is 0 Å². The molecule has 0 spiro atoms. The van der Waals surface area contributed by atoms with Crippen LogP contribution >= 0.6 is 11.3 Å². The number of hydrogen-bond donors (Lipinski definition) is 1. The van der Waals surface area contributed by atoms with Crippen molar-refractivity contribution in [3.63, 3.8) is 0 Å². The van der Waals surface area contributed by atoms with Gasteiger partial charge in [-0.15, -0.1) is 11.3 Å². The number of benzene rings is 8. The van der Waals surface area contributed by atoms with Gasteiger partial charge in [0.25, 0.3) is 0 Å². The topological polar surface area (TPSA) is 26.2 Å². The number of hydrogen-bond acceptors (Lipinski definition) is 3. The Labute approximate surface area is 298 Å². The summed E-state index contributed by atoms with van der Waals surface area (Å²) in [6, 6.07) is 61.3. The van der Waals surface area contributed by atoms with Gasteiger partial charge in [0.05, 0.1) is 16.7 Å². The molecule has 0 fully saturated rings. The van der Waals surface area contributed by atoms with Crippen molar-refractivity contribution in [2.75, 3.05) is 5.32 Å². The summed E-state index contributed by atoms with van der Waals surface area (Å²) in [6.07, 6.45) is -0.251. The lowest BCUT2D eigenvalue weighted by Crippen LogP contribution is -2.09. The molecule has 0 bridgehead atoms. The summed E-state index contributed by atoms with van der Waals surface area (Å²) >= 11 is 1.83. The van der Waals surface area contributed by atoms with Crippen LogP contribution in [0.5, 0.6) is 5.75 Å². The van der Waals surface area contributed by atoms with Crippen LogP contribution < -0.4 is 10.1 Å². The van der Waals surface area contributed by atoms with Gasteiger partial charge < -0.3 is 14.6 Å². The number of rotatable bonds is 4. The number of para-hydroxylation sites is 1. The van der Waals surface area contributed by atoms with Gasteiger partial charge in [0.2, 0.25) is 0 Å². The lowest BCUT2D eigenvalue weighted by Gasteiger charge is -2.15. The maximum Gasteiger partial charge on any atom is 0.196 e. The number of thiophene rings is 1. The van der Waals surface area contributed by atoms with Gasteiger partial charge in [-0.05, 0) is 75.5 Å². The van der Waals surface area contributed by atoms with E-state index in [1.807, 2.05) is 11.3 Å². The lowest BCUT2D eigenvalue weighted by atomic mass is 9.94. The van der Waals surface area contributed by atoms with Crippen LogP contribution in [0.15, 0.2) is 170 Å². The summed E-state index contributed by atoms with van der Waals surface area (Å²) in [5.41, 5.74) is 10.6. The summed E-state index contributed by atoms with van der Waals surface area (Å²) in [7, 11) is 0. The number of nitrogens with zero attached hydrogens (tertiary/aromatic N) is 1. The number of fused-ring (bicyclic) bond motifs is 10. The van der Waals surface area contributed by atoms with Crippen molar-refractivity contribution in [3.05, 3.63) is 175 Å². The third kappa shape index (κ3) is 4.37. The van der Waals surface area contributed by atoms with Gasteiger partial charge in [-0.3, -0.25) is 0 Å². The van der Waals surface area contributed by atoms with E-state index in [9.17, 15) is 0 Å². The molecule has 1 unspecified atom stereocenters. The summed E-state index contributed by atoms with van der Waals surface area (Å²) in [5, 5.41) is 11.3. The normalized spacial score (nSPS) is 14.0. The van der Waals surface area contributed by atoms with E-state index in [2.05, 4.69) is 180 Å². The highest BCUT2D eigenvalue weighted by molar-refractivity contribution is 7.26. The van der Waals surface area contributed by atoms with Crippen LogP contribution in [0.25, 0.3) is 80.7 Å². The maximum atomic E-state index is 6.52. The van der Waals surface area contributed by atoms with Crippen molar-refractivity contribution in [1.82, 2.24) is 4.57 Å². The summed E-state index contributed by atoms with van der Waals surface area (Å²) in [5.74, 6) is 0.904. The molecular weight excluding hydrogens is 641 g/mol. The lowest BCUT2D eigenvalue weighted by molar-refractivity contribution is 0.260. The van der Waals surface area contributed by atoms with E-state index in [-0.39, 0.29) is 6.23 Å². The number of aromatic nitrogens is 1. The fourth-order valence-electron chi connectivity index (χ4n) is 8.10. The van der Waals surface area contributed by atoms with Gasteiger partial charge in [0, 0.05) is 42.2 Å². The first-order chi connectivity index (χ1) is 25.3. The minimum atomic E-state index is -0.251. The molecule has 0 aliphatic carbocycles. The smallest absolute Gasteiger partial charge is 0.196 e. The fraction of sp³-hybridized carbons (Fsp3) is 0.0213. The van der Waals surface area contributed by atoms with Crippen molar-refractivity contribution in [2.45, 2.75) is 6.23 Å². The van der Waals surface area contributed by atoms with Gasteiger partial charge >= 0.3 is 0 Å². The highest BCUT2D eigenvalue weighted by atomic mass is 32.1. The zero-order valence-corrected chi connectivity index (χ0v) is 28.3. The zero-order chi connectivity index (χ0) is 33.5. The standard InChI is InChI=1S/C47H30N2OS/c1-2-10-29(11-3-1)30-22-24-33(25-23-30)49-39-16-8-6-14-36(39)44-35-13-5-4-12-34(35)38(28-40(44)49)31-18-20-32(21-19-31)47-48-46-41(50-47)26-27-43-45(46)37-15-7-9-17-42(37)51-43/h1-28,47-48H. The molecule has 1 N–H and O–H groups in total.